The molecule has 1 saturated heterocycles. The van der Waals surface area contributed by atoms with Gasteiger partial charge in [0, 0.05) is 5.56 Å². The Bertz CT molecular complexity index is 650. The van der Waals surface area contributed by atoms with Gasteiger partial charge in [-0.2, -0.15) is 0 Å². The Labute approximate surface area is 157 Å². The number of benzene rings is 2. The molecule has 3 heteroatoms. The highest BCUT2D eigenvalue weighted by atomic mass is 16.1. The zero-order chi connectivity index (χ0) is 18.0. The zero-order valence-electron chi connectivity index (χ0n) is 15.6. The van der Waals surface area contributed by atoms with Gasteiger partial charge in [0.1, 0.15) is 0 Å². The van der Waals surface area contributed by atoms with E-state index in [0.717, 1.165) is 18.4 Å². The molecule has 2 aromatic carbocycles. The average molecular weight is 351 g/mol. The SMILES string of the molecule is O=C(N[C@@H](CCCCN1CCCCC1)c1ccccc1)c1ccccc1. The van der Waals surface area contributed by atoms with Gasteiger partial charge in [-0.15, -0.1) is 0 Å². The summed E-state index contributed by atoms with van der Waals surface area (Å²) < 4.78 is 0. The number of hydrogen-bond acceptors (Lipinski definition) is 2. The molecule has 0 saturated carbocycles. The average Bonchev–Trinajstić information content (AvgIpc) is 2.72. The molecule has 26 heavy (non-hydrogen) atoms. The number of hydrogen-bond donors (Lipinski definition) is 1. The fraction of sp³-hybridized carbons (Fsp3) is 0.435. The van der Waals surface area contributed by atoms with Gasteiger partial charge in [0.15, 0.2) is 0 Å². The molecular formula is C23H30N2O. The molecule has 1 fully saturated rings. The van der Waals surface area contributed by atoms with Crippen molar-refractivity contribution in [2.75, 3.05) is 19.6 Å². The summed E-state index contributed by atoms with van der Waals surface area (Å²) >= 11 is 0. The number of carbonyl (C=O) groups excluding carboxylic acids is 1. The summed E-state index contributed by atoms with van der Waals surface area (Å²) in [6.45, 7) is 3.70. The summed E-state index contributed by atoms with van der Waals surface area (Å²) in [6.07, 6.45) is 7.39. The van der Waals surface area contributed by atoms with Crippen LogP contribution in [0.2, 0.25) is 0 Å². The van der Waals surface area contributed by atoms with Crippen LogP contribution in [0.3, 0.4) is 0 Å². The van der Waals surface area contributed by atoms with E-state index < -0.39 is 0 Å². The highest BCUT2D eigenvalue weighted by Gasteiger charge is 2.16. The fourth-order valence-corrected chi connectivity index (χ4v) is 3.71. The molecular weight excluding hydrogens is 320 g/mol. The molecule has 0 radical (unpaired) electrons. The molecule has 1 atom stereocenters. The van der Waals surface area contributed by atoms with E-state index in [1.165, 1.54) is 50.9 Å². The van der Waals surface area contributed by atoms with Crippen molar-refractivity contribution >= 4 is 5.91 Å². The molecule has 138 valence electrons. The number of unbranched alkanes of at least 4 members (excludes halogenated alkanes) is 1. The molecule has 1 amide bonds. The lowest BCUT2D eigenvalue weighted by Crippen LogP contribution is -2.31. The molecule has 0 spiro atoms. The first-order chi connectivity index (χ1) is 12.8. The van der Waals surface area contributed by atoms with Crippen molar-refractivity contribution in [2.24, 2.45) is 0 Å². The van der Waals surface area contributed by atoms with Crippen LogP contribution >= 0.6 is 0 Å². The third-order valence-corrected chi connectivity index (χ3v) is 5.21. The summed E-state index contributed by atoms with van der Waals surface area (Å²) in [5.74, 6) is 0.00971. The second kappa shape index (κ2) is 10.1. The minimum absolute atomic E-state index is 0.00971. The van der Waals surface area contributed by atoms with Gasteiger partial charge >= 0.3 is 0 Å². The minimum Gasteiger partial charge on any atom is -0.345 e. The number of piperidine rings is 1. The van der Waals surface area contributed by atoms with Gasteiger partial charge in [-0.3, -0.25) is 4.79 Å². The number of nitrogens with one attached hydrogen (secondary N) is 1. The molecule has 0 aromatic heterocycles. The van der Waals surface area contributed by atoms with E-state index in [4.69, 9.17) is 0 Å². The van der Waals surface area contributed by atoms with Crippen LogP contribution in [0.5, 0.6) is 0 Å². The number of likely N-dealkylation sites (tertiary alicyclic amines) is 1. The van der Waals surface area contributed by atoms with Crippen LogP contribution in [0.15, 0.2) is 60.7 Å². The highest BCUT2D eigenvalue weighted by molar-refractivity contribution is 5.94. The van der Waals surface area contributed by atoms with Gasteiger partial charge in [0.25, 0.3) is 5.91 Å². The lowest BCUT2D eigenvalue weighted by molar-refractivity contribution is 0.0933. The predicted molar refractivity (Wildman–Crippen MR) is 107 cm³/mol. The maximum absolute atomic E-state index is 12.6. The van der Waals surface area contributed by atoms with Crippen LogP contribution in [0.4, 0.5) is 0 Å². The standard InChI is InChI=1S/C23H30N2O/c26-23(21-14-6-2-7-15-21)24-22(20-12-4-1-5-13-20)16-8-11-19-25-17-9-3-10-18-25/h1-2,4-7,12-15,22H,3,8-11,16-19H2,(H,24,26)/t22-/m0/s1. The lowest BCUT2D eigenvalue weighted by Gasteiger charge is -2.26. The summed E-state index contributed by atoms with van der Waals surface area (Å²) in [4.78, 5) is 15.2. The molecule has 1 aliphatic heterocycles. The molecule has 0 aliphatic carbocycles. The van der Waals surface area contributed by atoms with Crippen molar-refractivity contribution in [1.82, 2.24) is 10.2 Å². The van der Waals surface area contributed by atoms with E-state index >= 15 is 0 Å². The number of carbonyl (C=O) groups is 1. The number of amides is 1. The molecule has 1 heterocycles. The Morgan fingerprint density at radius 3 is 2.23 bits per heavy atom. The van der Waals surface area contributed by atoms with Crippen LogP contribution in [0, 0.1) is 0 Å². The van der Waals surface area contributed by atoms with Crippen molar-refractivity contribution in [3.05, 3.63) is 71.8 Å². The van der Waals surface area contributed by atoms with E-state index in [1.807, 2.05) is 48.5 Å². The third kappa shape index (κ3) is 5.70. The highest BCUT2D eigenvalue weighted by Crippen LogP contribution is 2.20. The molecule has 2 aromatic rings. The Morgan fingerprint density at radius 2 is 1.54 bits per heavy atom. The monoisotopic (exact) mass is 350 g/mol. The fourth-order valence-electron chi connectivity index (χ4n) is 3.71. The van der Waals surface area contributed by atoms with E-state index in [2.05, 4.69) is 22.3 Å². The lowest BCUT2D eigenvalue weighted by atomic mass is 10.00. The summed E-state index contributed by atoms with van der Waals surface area (Å²) in [7, 11) is 0. The molecule has 3 nitrogen and oxygen atoms in total. The Kier molecular flexibility index (Phi) is 7.26. The predicted octanol–water partition coefficient (Wildman–Crippen LogP) is 4.81. The molecule has 1 N–H and O–H groups in total. The van der Waals surface area contributed by atoms with Crippen LogP contribution in [-0.4, -0.2) is 30.4 Å². The van der Waals surface area contributed by atoms with Gasteiger partial charge in [0.05, 0.1) is 6.04 Å². The van der Waals surface area contributed by atoms with Gasteiger partial charge < -0.3 is 10.2 Å². The molecule has 0 bridgehead atoms. The zero-order valence-corrected chi connectivity index (χ0v) is 15.6. The van der Waals surface area contributed by atoms with Crippen molar-refractivity contribution in [3.8, 4) is 0 Å². The number of rotatable bonds is 8. The van der Waals surface area contributed by atoms with Crippen LogP contribution < -0.4 is 5.32 Å². The maximum atomic E-state index is 12.6. The molecule has 3 rings (SSSR count). The second-order valence-electron chi connectivity index (χ2n) is 7.20. The van der Waals surface area contributed by atoms with Crippen LogP contribution in [0.1, 0.15) is 60.5 Å². The van der Waals surface area contributed by atoms with E-state index in [9.17, 15) is 4.79 Å². The van der Waals surface area contributed by atoms with Gasteiger partial charge in [-0.25, -0.2) is 0 Å². The van der Waals surface area contributed by atoms with Gasteiger partial charge in [-0.1, -0.05) is 55.0 Å². The van der Waals surface area contributed by atoms with Crippen molar-refractivity contribution < 1.29 is 4.79 Å². The topological polar surface area (TPSA) is 32.3 Å². The Balaban J connectivity index is 1.54. The Morgan fingerprint density at radius 1 is 0.885 bits per heavy atom. The largest absolute Gasteiger partial charge is 0.345 e. The minimum atomic E-state index is 0.00971. The molecule has 0 unspecified atom stereocenters. The first kappa shape index (κ1) is 18.7. The van der Waals surface area contributed by atoms with E-state index in [-0.39, 0.29) is 11.9 Å². The summed E-state index contributed by atoms with van der Waals surface area (Å²) in [5.41, 5.74) is 1.91. The quantitative estimate of drug-likeness (QED) is 0.693. The summed E-state index contributed by atoms with van der Waals surface area (Å²) in [6, 6.07) is 19.9. The van der Waals surface area contributed by atoms with Gasteiger partial charge in [-0.05, 0) is 69.4 Å². The first-order valence-electron chi connectivity index (χ1n) is 9.96. The number of nitrogens with zero attached hydrogens (tertiary/aromatic N) is 1. The Hall–Kier alpha value is -2.13. The van der Waals surface area contributed by atoms with Crippen molar-refractivity contribution in [2.45, 2.75) is 44.6 Å². The third-order valence-electron chi connectivity index (χ3n) is 5.21. The van der Waals surface area contributed by atoms with E-state index in [1.54, 1.807) is 0 Å². The smallest absolute Gasteiger partial charge is 0.251 e. The van der Waals surface area contributed by atoms with E-state index in [0.29, 0.717) is 0 Å². The van der Waals surface area contributed by atoms with Crippen LogP contribution in [0.25, 0.3) is 0 Å². The summed E-state index contributed by atoms with van der Waals surface area (Å²) in [5, 5.41) is 3.24. The first-order valence-corrected chi connectivity index (χ1v) is 9.96. The van der Waals surface area contributed by atoms with Crippen molar-refractivity contribution in [1.29, 1.82) is 0 Å². The maximum Gasteiger partial charge on any atom is 0.251 e. The van der Waals surface area contributed by atoms with Gasteiger partial charge in [0.2, 0.25) is 0 Å². The normalized spacial score (nSPS) is 16.2. The molecule has 1 aliphatic rings. The van der Waals surface area contributed by atoms with Crippen LogP contribution in [-0.2, 0) is 0 Å². The second-order valence-corrected chi connectivity index (χ2v) is 7.20. The van der Waals surface area contributed by atoms with Crippen molar-refractivity contribution in [3.63, 3.8) is 0 Å².